The second-order valence-electron chi connectivity index (χ2n) is 6.65. The van der Waals surface area contributed by atoms with E-state index in [1.54, 1.807) is 30.3 Å². The Labute approximate surface area is 162 Å². The van der Waals surface area contributed by atoms with Crippen molar-refractivity contribution >= 4 is 28.8 Å². The molecule has 8 heteroatoms. The molecule has 1 heterocycles. The summed E-state index contributed by atoms with van der Waals surface area (Å²) in [6.07, 6.45) is 1.86. The first-order valence-electron chi connectivity index (χ1n) is 8.96. The van der Waals surface area contributed by atoms with E-state index in [1.807, 2.05) is 6.92 Å². The summed E-state index contributed by atoms with van der Waals surface area (Å²) in [4.78, 5) is 39.2. The van der Waals surface area contributed by atoms with E-state index < -0.39 is 29.1 Å². The van der Waals surface area contributed by atoms with Crippen LogP contribution in [0.15, 0.2) is 30.3 Å². The van der Waals surface area contributed by atoms with E-state index in [0.29, 0.717) is 24.2 Å². The van der Waals surface area contributed by atoms with E-state index in [9.17, 15) is 14.4 Å². The first-order chi connectivity index (χ1) is 13.0. The Balaban J connectivity index is 2.12. The molecule has 2 aliphatic rings. The molecule has 146 valence electrons. The van der Waals surface area contributed by atoms with Gasteiger partial charge in [0.15, 0.2) is 0 Å². The van der Waals surface area contributed by atoms with Gasteiger partial charge in [-0.05, 0) is 30.7 Å². The van der Waals surface area contributed by atoms with Crippen LogP contribution >= 0.6 is 11.8 Å². The van der Waals surface area contributed by atoms with Gasteiger partial charge in [0.25, 0.3) is 11.6 Å². The van der Waals surface area contributed by atoms with Gasteiger partial charge in [-0.1, -0.05) is 43.3 Å². The van der Waals surface area contributed by atoms with Gasteiger partial charge < -0.3 is 9.47 Å². The summed E-state index contributed by atoms with van der Waals surface area (Å²) in [7, 11) is 2.63. The van der Waals surface area contributed by atoms with Crippen molar-refractivity contribution < 1.29 is 23.9 Å². The number of benzene rings is 1. The molecule has 1 aromatic rings. The molecule has 27 heavy (non-hydrogen) atoms. The molecule has 0 spiro atoms. The molecular weight excluding hydrogens is 368 g/mol. The number of methoxy groups -OCH3 is 2. The normalized spacial score (nSPS) is 29.4. The zero-order chi connectivity index (χ0) is 19.7. The van der Waals surface area contributed by atoms with Gasteiger partial charge in [0.1, 0.15) is 5.54 Å². The average Bonchev–Trinajstić information content (AvgIpc) is 3.24. The summed E-state index contributed by atoms with van der Waals surface area (Å²) in [5.41, 5.74) is 0.759. The Morgan fingerprint density at radius 3 is 2.56 bits per heavy atom. The maximum absolute atomic E-state index is 13.3. The van der Waals surface area contributed by atoms with E-state index >= 15 is 0 Å². The first kappa shape index (κ1) is 19.9. The molecule has 2 fully saturated rings. The lowest BCUT2D eigenvalue weighted by atomic mass is 9.82. The number of hydrogen-bond acceptors (Lipinski definition) is 7. The SMILES string of the molecule is CCSC(=O)[C@@]12CCC[C@@H]1[C@@](OC)(C(=O)OC)N(C(=O)c1ccccc1)N2. The standard InChI is InChI=1S/C19H24N2O5S/c1-4-27-17(24)18-12-8-11-14(18)19(26-3,16(23)25-2)21(20-18)15(22)13-9-6-5-7-10-13/h5-7,9-10,14,20H,4,8,11-12H2,1-3H3/t14-,18+,19+/m0/s1. The molecule has 0 unspecified atom stereocenters. The van der Waals surface area contributed by atoms with Crippen molar-refractivity contribution in [2.45, 2.75) is 37.5 Å². The van der Waals surface area contributed by atoms with Crippen molar-refractivity contribution in [1.82, 2.24) is 10.4 Å². The summed E-state index contributed by atoms with van der Waals surface area (Å²) in [6, 6.07) is 8.60. The second kappa shape index (κ2) is 7.61. The molecule has 1 saturated carbocycles. The molecule has 7 nitrogen and oxygen atoms in total. The Kier molecular flexibility index (Phi) is 5.60. The minimum Gasteiger partial charge on any atom is -0.465 e. The van der Waals surface area contributed by atoms with Crippen molar-refractivity contribution in [3.8, 4) is 0 Å². The number of nitrogens with one attached hydrogen (secondary N) is 1. The Hall–Kier alpha value is -1.90. The number of hydrazine groups is 1. The smallest absolute Gasteiger partial charge is 0.361 e. The fourth-order valence-electron chi connectivity index (χ4n) is 4.27. The highest BCUT2D eigenvalue weighted by Gasteiger charge is 2.72. The van der Waals surface area contributed by atoms with Gasteiger partial charge in [0.2, 0.25) is 5.12 Å². The molecular formula is C19H24N2O5S. The Bertz CT molecular complexity index is 743. The molecule has 1 saturated heterocycles. The van der Waals surface area contributed by atoms with Crippen molar-refractivity contribution in [2.24, 2.45) is 5.92 Å². The summed E-state index contributed by atoms with van der Waals surface area (Å²) >= 11 is 1.19. The maximum atomic E-state index is 13.3. The lowest BCUT2D eigenvalue weighted by Crippen LogP contribution is -2.60. The zero-order valence-electron chi connectivity index (χ0n) is 15.7. The van der Waals surface area contributed by atoms with Crippen LogP contribution in [0.4, 0.5) is 0 Å². The molecule has 3 atom stereocenters. The highest BCUT2D eigenvalue weighted by Crippen LogP contribution is 2.52. The number of amides is 1. The minimum atomic E-state index is -1.69. The number of nitrogens with zero attached hydrogens (tertiary/aromatic N) is 1. The topological polar surface area (TPSA) is 84.9 Å². The van der Waals surface area contributed by atoms with Crippen LogP contribution in [0.25, 0.3) is 0 Å². The first-order valence-corrected chi connectivity index (χ1v) is 9.94. The molecule has 0 bridgehead atoms. The second-order valence-corrected chi connectivity index (χ2v) is 7.88. The summed E-state index contributed by atoms with van der Waals surface area (Å²) in [5, 5.41) is 1.09. The van der Waals surface area contributed by atoms with Crippen LogP contribution in [0.2, 0.25) is 0 Å². The third kappa shape index (κ3) is 2.86. The van der Waals surface area contributed by atoms with Gasteiger partial charge in [0, 0.05) is 18.6 Å². The molecule has 1 aliphatic carbocycles. The molecule has 0 radical (unpaired) electrons. The lowest BCUT2D eigenvalue weighted by molar-refractivity contribution is -0.193. The van der Waals surface area contributed by atoms with Crippen LogP contribution in [-0.2, 0) is 19.1 Å². The number of fused-ring (bicyclic) bond motifs is 1. The lowest BCUT2D eigenvalue weighted by Gasteiger charge is -2.36. The van der Waals surface area contributed by atoms with Gasteiger partial charge in [-0.2, -0.15) is 0 Å². The van der Waals surface area contributed by atoms with Crippen molar-refractivity contribution in [3.05, 3.63) is 35.9 Å². The predicted molar refractivity (Wildman–Crippen MR) is 101 cm³/mol. The molecule has 1 amide bonds. The summed E-state index contributed by atoms with van der Waals surface area (Å²) in [5.74, 6) is -1.04. The molecule has 0 aromatic heterocycles. The van der Waals surface area contributed by atoms with Crippen LogP contribution < -0.4 is 5.43 Å². The van der Waals surface area contributed by atoms with Crippen molar-refractivity contribution in [2.75, 3.05) is 20.0 Å². The van der Waals surface area contributed by atoms with Crippen LogP contribution in [0.3, 0.4) is 0 Å². The number of ether oxygens (including phenoxy) is 2. The van der Waals surface area contributed by atoms with Gasteiger partial charge in [-0.3, -0.25) is 9.59 Å². The van der Waals surface area contributed by atoms with Gasteiger partial charge in [-0.25, -0.2) is 15.2 Å². The van der Waals surface area contributed by atoms with Crippen molar-refractivity contribution in [3.63, 3.8) is 0 Å². The van der Waals surface area contributed by atoms with Crippen LogP contribution in [0.5, 0.6) is 0 Å². The van der Waals surface area contributed by atoms with E-state index in [1.165, 1.54) is 31.0 Å². The maximum Gasteiger partial charge on any atom is 0.361 e. The molecule has 3 rings (SSSR count). The van der Waals surface area contributed by atoms with Crippen LogP contribution in [0, 0.1) is 5.92 Å². The minimum absolute atomic E-state index is 0.0822. The summed E-state index contributed by atoms with van der Waals surface area (Å²) in [6.45, 7) is 1.90. The largest absolute Gasteiger partial charge is 0.465 e. The third-order valence-corrected chi connectivity index (χ3v) is 6.34. The number of rotatable bonds is 5. The molecule has 1 N–H and O–H groups in total. The summed E-state index contributed by atoms with van der Waals surface area (Å²) < 4.78 is 10.7. The van der Waals surface area contributed by atoms with E-state index in [0.717, 1.165) is 6.42 Å². The Morgan fingerprint density at radius 2 is 1.96 bits per heavy atom. The predicted octanol–water partition coefficient (Wildman–Crippen LogP) is 1.98. The number of carbonyl (C=O) groups excluding carboxylic acids is 3. The third-order valence-electron chi connectivity index (χ3n) is 5.43. The van der Waals surface area contributed by atoms with Gasteiger partial charge in [-0.15, -0.1) is 0 Å². The quantitative estimate of drug-likeness (QED) is 0.767. The van der Waals surface area contributed by atoms with E-state index in [2.05, 4.69) is 5.43 Å². The highest BCUT2D eigenvalue weighted by atomic mass is 32.2. The van der Waals surface area contributed by atoms with Gasteiger partial charge in [0.05, 0.1) is 7.11 Å². The monoisotopic (exact) mass is 392 g/mol. The van der Waals surface area contributed by atoms with Crippen LogP contribution in [0.1, 0.15) is 36.5 Å². The number of esters is 1. The average molecular weight is 392 g/mol. The van der Waals surface area contributed by atoms with E-state index in [-0.39, 0.29) is 5.12 Å². The van der Waals surface area contributed by atoms with Crippen LogP contribution in [-0.4, -0.2) is 53.2 Å². The van der Waals surface area contributed by atoms with E-state index in [4.69, 9.17) is 9.47 Å². The number of carbonyl (C=O) groups is 3. The van der Waals surface area contributed by atoms with Crippen molar-refractivity contribution in [1.29, 1.82) is 0 Å². The number of hydrogen-bond donors (Lipinski definition) is 1. The fourth-order valence-corrected chi connectivity index (χ4v) is 5.08. The molecule has 1 aliphatic heterocycles. The molecule has 1 aromatic carbocycles. The van der Waals surface area contributed by atoms with Gasteiger partial charge >= 0.3 is 5.97 Å². The zero-order valence-corrected chi connectivity index (χ0v) is 16.5. The Morgan fingerprint density at radius 1 is 1.26 bits per heavy atom. The fraction of sp³-hybridized carbons (Fsp3) is 0.526. The number of thioether (sulfide) groups is 1. The highest BCUT2D eigenvalue weighted by molar-refractivity contribution is 8.13.